The van der Waals surface area contributed by atoms with Crippen molar-refractivity contribution in [3.05, 3.63) is 53.6 Å². The molecular formula is C19H25N3O2. The second kappa shape index (κ2) is 7.62. The molecule has 0 spiro atoms. The van der Waals surface area contributed by atoms with Crippen LogP contribution in [0, 0.1) is 6.92 Å². The van der Waals surface area contributed by atoms with Crippen LogP contribution in [-0.4, -0.2) is 40.1 Å². The Bertz CT molecular complexity index is 695. The number of ether oxygens (including phenoxy) is 1. The molecule has 1 aromatic heterocycles. The molecule has 3 rings (SSSR count). The van der Waals surface area contributed by atoms with Gasteiger partial charge in [0.05, 0.1) is 31.2 Å². The van der Waals surface area contributed by atoms with E-state index in [0.29, 0.717) is 19.6 Å². The lowest BCUT2D eigenvalue weighted by molar-refractivity contribution is -0.135. The number of carbonyl (C=O) groups excluding carboxylic acids is 1. The third kappa shape index (κ3) is 3.67. The molecule has 0 saturated heterocycles. The van der Waals surface area contributed by atoms with E-state index < -0.39 is 0 Å². The maximum atomic E-state index is 12.9. The van der Waals surface area contributed by atoms with Gasteiger partial charge in [0.1, 0.15) is 0 Å². The molecule has 0 N–H and O–H groups in total. The lowest BCUT2D eigenvalue weighted by Crippen LogP contribution is -2.41. The van der Waals surface area contributed by atoms with Crippen molar-refractivity contribution in [2.24, 2.45) is 0 Å². The van der Waals surface area contributed by atoms with E-state index in [9.17, 15) is 4.79 Å². The molecule has 1 aliphatic rings. The van der Waals surface area contributed by atoms with Gasteiger partial charge in [-0.2, -0.15) is 0 Å². The van der Waals surface area contributed by atoms with E-state index in [1.165, 1.54) is 11.1 Å². The Morgan fingerprint density at radius 2 is 2.21 bits per heavy atom. The van der Waals surface area contributed by atoms with Gasteiger partial charge in [0.15, 0.2) is 0 Å². The number of fused-ring (bicyclic) bond motifs is 1. The number of carbonyl (C=O) groups is 1. The molecule has 128 valence electrons. The summed E-state index contributed by atoms with van der Waals surface area (Å²) < 4.78 is 7.49. The Balaban J connectivity index is 1.71. The van der Waals surface area contributed by atoms with Crippen LogP contribution in [0.5, 0.6) is 0 Å². The van der Waals surface area contributed by atoms with Crippen LogP contribution >= 0.6 is 0 Å². The fourth-order valence-electron chi connectivity index (χ4n) is 3.36. The first-order valence-electron chi connectivity index (χ1n) is 8.51. The monoisotopic (exact) mass is 327 g/mol. The Morgan fingerprint density at radius 1 is 1.38 bits per heavy atom. The smallest absolute Gasteiger partial charge is 0.223 e. The minimum absolute atomic E-state index is 0.124. The minimum atomic E-state index is 0.124. The van der Waals surface area contributed by atoms with Gasteiger partial charge in [-0.15, -0.1) is 0 Å². The molecule has 24 heavy (non-hydrogen) atoms. The van der Waals surface area contributed by atoms with E-state index in [1.54, 1.807) is 7.11 Å². The van der Waals surface area contributed by atoms with E-state index in [0.717, 1.165) is 25.1 Å². The molecule has 5 heteroatoms. The number of nitrogens with zero attached hydrogens (tertiary/aromatic N) is 3. The topological polar surface area (TPSA) is 47.4 Å². The highest BCUT2D eigenvalue weighted by molar-refractivity contribution is 5.77. The maximum Gasteiger partial charge on any atom is 0.223 e. The number of amides is 1. The molecule has 0 bridgehead atoms. The van der Waals surface area contributed by atoms with Crippen molar-refractivity contribution >= 4 is 5.91 Å². The number of aryl methyl sites for hydroxylation is 3. The largest absolute Gasteiger partial charge is 0.383 e. The van der Waals surface area contributed by atoms with Gasteiger partial charge in [-0.1, -0.05) is 24.3 Å². The number of benzene rings is 1. The van der Waals surface area contributed by atoms with Crippen LogP contribution in [0.15, 0.2) is 36.8 Å². The summed E-state index contributed by atoms with van der Waals surface area (Å²) in [5, 5.41) is 0. The van der Waals surface area contributed by atoms with Gasteiger partial charge in [0, 0.05) is 26.3 Å². The van der Waals surface area contributed by atoms with Crippen LogP contribution < -0.4 is 0 Å². The van der Waals surface area contributed by atoms with E-state index in [1.807, 2.05) is 29.6 Å². The van der Waals surface area contributed by atoms with E-state index in [4.69, 9.17) is 4.74 Å². The zero-order chi connectivity index (χ0) is 16.9. The molecule has 1 atom stereocenters. The molecule has 0 unspecified atom stereocenters. The predicted octanol–water partition coefficient (Wildman–Crippen LogP) is 2.57. The Hall–Kier alpha value is -2.14. The van der Waals surface area contributed by atoms with Crippen molar-refractivity contribution in [3.8, 4) is 0 Å². The van der Waals surface area contributed by atoms with Crippen LogP contribution in [0.1, 0.15) is 29.7 Å². The van der Waals surface area contributed by atoms with Gasteiger partial charge in [-0.3, -0.25) is 4.79 Å². The van der Waals surface area contributed by atoms with Gasteiger partial charge >= 0.3 is 0 Å². The highest BCUT2D eigenvalue weighted by atomic mass is 16.5. The van der Waals surface area contributed by atoms with E-state index in [-0.39, 0.29) is 11.9 Å². The summed E-state index contributed by atoms with van der Waals surface area (Å²) in [6.07, 6.45) is 5.91. The first kappa shape index (κ1) is 16.7. The lowest BCUT2D eigenvalue weighted by Gasteiger charge is -2.29. The van der Waals surface area contributed by atoms with Gasteiger partial charge in [0.2, 0.25) is 5.91 Å². The Labute approximate surface area is 143 Å². The van der Waals surface area contributed by atoms with Crippen LogP contribution in [-0.2, 0) is 29.0 Å². The molecule has 1 amide bonds. The predicted molar refractivity (Wildman–Crippen MR) is 92.6 cm³/mol. The van der Waals surface area contributed by atoms with Gasteiger partial charge in [-0.05, 0) is 30.9 Å². The first-order valence-corrected chi connectivity index (χ1v) is 8.51. The van der Waals surface area contributed by atoms with Crippen molar-refractivity contribution in [2.45, 2.75) is 45.3 Å². The van der Waals surface area contributed by atoms with Crippen molar-refractivity contribution < 1.29 is 9.53 Å². The standard InChI is InChI=1S/C19H25N3O2/c1-15-5-3-4-6-16(15)7-8-19(23)22-12-18-11-20-14-21(18)10-9-17(22)13-24-2/h3-6,11,14,17H,7-10,12-13H2,1-2H3/t17-/m1/s1. The summed E-state index contributed by atoms with van der Waals surface area (Å²) in [5.41, 5.74) is 3.58. The Morgan fingerprint density at radius 3 is 3.00 bits per heavy atom. The quantitative estimate of drug-likeness (QED) is 0.848. The second-order valence-corrected chi connectivity index (χ2v) is 6.42. The molecule has 5 nitrogen and oxygen atoms in total. The number of imidazole rings is 1. The average Bonchev–Trinajstić information content (AvgIpc) is 2.96. The number of methoxy groups -OCH3 is 1. The molecule has 0 radical (unpaired) electrons. The van der Waals surface area contributed by atoms with Crippen LogP contribution in [0.2, 0.25) is 0 Å². The van der Waals surface area contributed by atoms with Crippen LogP contribution in [0.3, 0.4) is 0 Å². The molecule has 0 aliphatic carbocycles. The lowest BCUT2D eigenvalue weighted by atomic mass is 10.0. The molecule has 0 fully saturated rings. The summed E-state index contributed by atoms with van der Waals surface area (Å²) in [4.78, 5) is 19.1. The Kier molecular flexibility index (Phi) is 5.30. The highest BCUT2D eigenvalue weighted by Gasteiger charge is 2.27. The normalized spacial score (nSPS) is 17.4. The average molecular weight is 327 g/mol. The van der Waals surface area contributed by atoms with Crippen molar-refractivity contribution in [1.82, 2.24) is 14.5 Å². The fourth-order valence-corrected chi connectivity index (χ4v) is 3.36. The molecule has 2 heterocycles. The van der Waals surface area contributed by atoms with Crippen molar-refractivity contribution in [1.29, 1.82) is 0 Å². The number of aromatic nitrogens is 2. The summed E-state index contributed by atoms with van der Waals surface area (Å²) in [7, 11) is 1.70. The summed E-state index contributed by atoms with van der Waals surface area (Å²) >= 11 is 0. The van der Waals surface area contributed by atoms with E-state index in [2.05, 4.69) is 28.6 Å². The maximum absolute atomic E-state index is 12.9. The number of hydrogen-bond acceptors (Lipinski definition) is 3. The summed E-state index contributed by atoms with van der Waals surface area (Å²) in [6.45, 7) is 4.16. The molecule has 0 saturated carbocycles. The highest BCUT2D eigenvalue weighted by Crippen LogP contribution is 2.20. The molecule has 1 aromatic carbocycles. The third-order valence-electron chi connectivity index (χ3n) is 4.82. The summed E-state index contributed by atoms with van der Waals surface area (Å²) in [5.74, 6) is 0.190. The second-order valence-electron chi connectivity index (χ2n) is 6.42. The van der Waals surface area contributed by atoms with Crippen molar-refractivity contribution in [3.63, 3.8) is 0 Å². The van der Waals surface area contributed by atoms with E-state index >= 15 is 0 Å². The number of rotatable bonds is 5. The third-order valence-corrected chi connectivity index (χ3v) is 4.82. The van der Waals surface area contributed by atoms with Crippen LogP contribution in [0.25, 0.3) is 0 Å². The first-order chi connectivity index (χ1) is 11.7. The van der Waals surface area contributed by atoms with Crippen LogP contribution in [0.4, 0.5) is 0 Å². The summed E-state index contributed by atoms with van der Waals surface area (Å²) in [6, 6.07) is 8.39. The SMILES string of the molecule is COC[C@H]1CCn2cncc2CN1C(=O)CCc1ccccc1C. The zero-order valence-corrected chi connectivity index (χ0v) is 14.4. The van der Waals surface area contributed by atoms with Gasteiger partial charge < -0.3 is 14.2 Å². The van der Waals surface area contributed by atoms with Gasteiger partial charge in [-0.25, -0.2) is 4.98 Å². The zero-order valence-electron chi connectivity index (χ0n) is 14.4. The molecule has 1 aliphatic heterocycles. The fraction of sp³-hybridized carbons (Fsp3) is 0.474. The van der Waals surface area contributed by atoms with Gasteiger partial charge in [0.25, 0.3) is 0 Å². The number of hydrogen-bond donors (Lipinski definition) is 0. The molecular weight excluding hydrogens is 302 g/mol. The van der Waals surface area contributed by atoms with Crippen molar-refractivity contribution in [2.75, 3.05) is 13.7 Å². The minimum Gasteiger partial charge on any atom is -0.383 e. The molecule has 2 aromatic rings.